The Balaban J connectivity index is 2.09. The molecule has 1 fully saturated rings. The van der Waals surface area contributed by atoms with Crippen molar-refractivity contribution in [2.45, 2.75) is 32.6 Å². The molecule has 0 radical (unpaired) electrons. The molecule has 1 saturated heterocycles. The van der Waals surface area contributed by atoms with Crippen LogP contribution in [0.1, 0.15) is 47.8 Å². The molecule has 0 bridgehead atoms. The van der Waals surface area contributed by atoms with E-state index in [0.29, 0.717) is 12.3 Å². The summed E-state index contributed by atoms with van der Waals surface area (Å²) < 4.78 is 0. The standard InChI is InChI=1S/C16H21NO2S/c1-13-5-4-9-17(10-7-13)16(19)15-14(8-12-20-15)6-2-3-11-18/h8,12-13,18H,3-5,7,9-11H2,1H3. The summed E-state index contributed by atoms with van der Waals surface area (Å²) in [4.78, 5) is 15.3. The summed E-state index contributed by atoms with van der Waals surface area (Å²) in [6.07, 6.45) is 3.83. The van der Waals surface area contributed by atoms with E-state index in [0.717, 1.165) is 36.4 Å². The first-order valence-electron chi connectivity index (χ1n) is 7.19. The predicted octanol–water partition coefficient (Wildman–Crippen LogP) is 2.74. The molecule has 0 spiro atoms. The maximum absolute atomic E-state index is 12.6. The molecule has 20 heavy (non-hydrogen) atoms. The number of nitrogens with zero attached hydrogens (tertiary/aromatic N) is 1. The summed E-state index contributed by atoms with van der Waals surface area (Å²) in [6.45, 7) is 4.02. The molecule has 1 aromatic heterocycles. The fourth-order valence-corrected chi connectivity index (χ4v) is 3.21. The van der Waals surface area contributed by atoms with Crippen molar-refractivity contribution < 1.29 is 9.90 Å². The molecule has 1 unspecified atom stereocenters. The van der Waals surface area contributed by atoms with Crippen molar-refractivity contribution in [2.24, 2.45) is 5.92 Å². The number of carbonyl (C=O) groups excluding carboxylic acids is 1. The Bertz CT molecular complexity index is 512. The molecular formula is C16H21NO2S. The number of rotatable bonds is 2. The van der Waals surface area contributed by atoms with E-state index < -0.39 is 0 Å². The number of hydrogen-bond acceptors (Lipinski definition) is 3. The number of thiophene rings is 1. The van der Waals surface area contributed by atoms with Gasteiger partial charge in [0.25, 0.3) is 5.91 Å². The number of hydrogen-bond donors (Lipinski definition) is 1. The summed E-state index contributed by atoms with van der Waals surface area (Å²) in [5.41, 5.74) is 0.797. The first kappa shape index (κ1) is 15.1. The third-order valence-electron chi connectivity index (χ3n) is 3.62. The van der Waals surface area contributed by atoms with E-state index in [9.17, 15) is 4.79 Å². The normalized spacial score (nSPS) is 19.1. The van der Waals surface area contributed by atoms with Crippen molar-refractivity contribution in [3.05, 3.63) is 21.9 Å². The Morgan fingerprint density at radius 1 is 1.50 bits per heavy atom. The Labute approximate surface area is 124 Å². The molecule has 2 rings (SSSR count). The Hall–Kier alpha value is -1.31. The lowest BCUT2D eigenvalue weighted by atomic mass is 10.0. The number of aliphatic hydroxyl groups excluding tert-OH is 1. The van der Waals surface area contributed by atoms with Crippen molar-refractivity contribution >= 4 is 17.2 Å². The molecule has 0 aromatic carbocycles. The molecule has 1 N–H and O–H groups in total. The molecule has 1 atom stereocenters. The minimum atomic E-state index is 0.0600. The van der Waals surface area contributed by atoms with Gasteiger partial charge in [-0.15, -0.1) is 11.3 Å². The third kappa shape index (κ3) is 3.84. The van der Waals surface area contributed by atoms with E-state index in [1.807, 2.05) is 16.3 Å². The fraction of sp³-hybridized carbons (Fsp3) is 0.562. The monoisotopic (exact) mass is 291 g/mol. The fourth-order valence-electron chi connectivity index (χ4n) is 2.40. The van der Waals surface area contributed by atoms with Gasteiger partial charge in [0.15, 0.2) is 0 Å². The molecule has 108 valence electrons. The van der Waals surface area contributed by atoms with Crippen LogP contribution in [0.25, 0.3) is 0 Å². The van der Waals surface area contributed by atoms with Gasteiger partial charge in [0.2, 0.25) is 0 Å². The Morgan fingerprint density at radius 2 is 2.35 bits per heavy atom. The molecule has 0 aliphatic carbocycles. The zero-order valence-corrected chi connectivity index (χ0v) is 12.7. The van der Waals surface area contributed by atoms with Crippen LogP contribution < -0.4 is 0 Å². The molecule has 1 aliphatic heterocycles. The SMILES string of the molecule is CC1CCCN(C(=O)c2sccc2C#CCCO)CC1. The first-order valence-corrected chi connectivity index (χ1v) is 8.07. The van der Waals surface area contributed by atoms with Crippen LogP contribution in [0.3, 0.4) is 0 Å². The Kier molecular flexibility index (Phi) is 5.63. The number of likely N-dealkylation sites (tertiary alicyclic amines) is 1. The highest BCUT2D eigenvalue weighted by molar-refractivity contribution is 7.12. The molecule has 1 aliphatic rings. The maximum atomic E-state index is 12.6. The van der Waals surface area contributed by atoms with Crippen molar-refractivity contribution in [2.75, 3.05) is 19.7 Å². The highest BCUT2D eigenvalue weighted by atomic mass is 32.1. The van der Waals surface area contributed by atoms with Gasteiger partial charge in [-0.05, 0) is 36.6 Å². The summed E-state index contributed by atoms with van der Waals surface area (Å²) in [5.74, 6) is 6.70. The highest BCUT2D eigenvalue weighted by Gasteiger charge is 2.22. The lowest BCUT2D eigenvalue weighted by molar-refractivity contribution is 0.0765. The van der Waals surface area contributed by atoms with Gasteiger partial charge in [0.1, 0.15) is 4.88 Å². The molecule has 2 heterocycles. The van der Waals surface area contributed by atoms with E-state index in [1.54, 1.807) is 0 Å². The second-order valence-corrected chi connectivity index (χ2v) is 6.18. The molecule has 3 nitrogen and oxygen atoms in total. The summed E-state index contributed by atoms with van der Waals surface area (Å²) in [7, 11) is 0. The number of amides is 1. The average molecular weight is 291 g/mol. The third-order valence-corrected chi connectivity index (χ3v) is 4.53. The zero-order chi connectivity index (χ0) is 14.4. The summed E-state index contributed by atoms with van der Waals surface area (Å²) >= 11 is 1.46. The van der Waals surface area contributed by atoms with Crippen LogP contribution in [0.2, 0.25) is 0 Å². The highest BCUT2D eigenvalue weighted by Crippen LogP contribution is 2.22. The van der Waals surface area contributed by atoms with Crippen molar-refractivity contribution in [3.8, 4) is 11.8 Å². The lowest BCUT2D eigenvalue weighted by Gasteiger charge is -2.19. The van der Waals surface area contributed by atoms with Gasteiger partial charge >= 0.3 is 0 Å². The van der Waals surface area contributed by atoms with E-state index in [1.165, 1.54) is 17.8 Å². The summed E-state index contributed by atoms with van der Waals surface area (Å²) in [5, 5.41) is 10.7. The van der Waals surface area contributed by atoms with Crippen molar-refractivity contribution in [3.63, 3.8) is 0 Å². The van der Waals surface area contributed by atoms with Crippen LogP contribution >= 0.6 is 11.3 Å². The van der Waals surface area contributed by atoms with Gasteiger partial charge in [-0.3, -0.25) is 4.79 Å². The largest absolute Gasteiger partial charge is 0.395 e. The Morgan fingerprint density at radius 3 is 3.15 bits per heavy atom. The number of carbonyl (C=O) groups is 1. The molecule has 1 aromatic rings. The van der Waals surface area contributed by atoms with E-state index in [-0.39, 0.29) is 12.5 Å². The lowest BCUT2D eigenvalue weighted by Crippen LogP contribution is -2.31. The van der Waals surface area contributed by atoms with Gasteiger partial charge in [-0.25, -0.2) is 0 Å². The number of aliphatic hydroxyl groups is 1. The second-order valence-electron chi connectivity index (χ2n) is 5.27. The van der Waals surface area contributed by atoms with Crippen molar-refractivity contribution in [1.82, 2.24) is 4.90 Å². The van der Waals surface area contributed by atoms with Crippen LogP contribution in [0, 0.1) is 17.8 Å². The zero-order valence-electron chi connectivity index (χ0n) is 11.9. The van der Waals surface area contributed by atoms with Gasteiger partial charge in [-0.1, -0.05) is 18.8 Å². The van der Waals surface area contributed by atoms with Gasteiger partial charge < -0.3 is 10.0 Å². The van der Waals surface area contributed by atoms with Crippen LogP contribution in [-0.4, -0.2) is 35.6 Å². The van der Waals surface area contributed by atoms with Crippen molar-refractivity contribution in [1.29, 1.82) is 0 Å². The minimum Gasteiger partial charge on any atom is -0.395 e. The van der Waals surface area contributed by atoms with Gasteiger partial charge in [0, 0.05) is 25.1 Å². The smallest absolute Gasteiger partial charge is 0.265 e. The molecule has 1 amide bonds. The average Bonchev–Trinajstić information content (AvgIpc) is 2.80. The van der Waals surface area contributed by atoms with Crippen LogP contribution in [0.5, 0.6) is 0 Å². The van der Waals surface area contributed by atoms with Gasteiger partial charge in [-0.2, -0.15) is 0 Å². The molecular weight excluding hydrogens is 270 g/mol. The topological polar surface area (TPSA) is 40.5 Å². The van der Waals surface area contributed by atoms with E-state index in [2.05, 4.69) is 18.8 Å². The van der Waals surface area contributed by atoms with Crippen LogP contribution in [-0.2, 0) is 0 Å². The van der Waals surface area contributed by atoms with E-state index in [4.69, 9.17) is 5.11 Å². The van der Waals surface area contributed by atoms with Gasteiger partial charge in [0.05, 0.1) is 6.61 Å². The minimum absolute atomic E-state index is 0.0600. The molecule has 4 heteroatoms. The second kappa shape index (κ2) is 7.47. The van der Waals surface area contributed by atoms with Crippen LogP contribution in [0.15, 0.2) is 11.4 Å². The molecule has 0 saturated carbocycles. The summed E-state index contributed by atoms with van der Waals surface area (Å²) in [6, 6.07) is 1.89. The predicted molar refractivity (Wildman–Crippen MR) is 81.8 cm³/mol. The van der Waals surface area contributed by atoms with E-state index >= 15 is 0 Å². The maximum Gasteiger partial charge on any atom is 0.265 e. The quantitative estimate of drug-likeness (QED) is 0.851. The first-order chi connectivity index (χ1) is 9.72. The van der Waals surface area contributed by atoms with Crippen LogP contribution in [0.4, 0.5) is 0 Å².